The number of esters is 1. The lowest BCUT2D eigenvalue weighted by atomic mass is 9.72. The number of likely N-dealkylation sites (tertiary alicyclic amines) is 1. The van der Waals surface area contributed by atoms with Gasteiger partial charge in [0.25, 0.3) is 0 Å². The van der Waals surface area contributed by atoms with Gasteiger partial charge < -0.3 is 14.4 Å². The Labute approximate surface area is 217 Å². The fourth-order valence-electron chi connectivity index (χ4n) is 4.42. The SMILES string of the molecule is C[C@@H]1C[C@](Cc2nc(Cl)cc(-c3ccccn3)c2F)(C(=O)OC(C)(C)C)CCN1C(=O)OC(C)(C)C. The topological polar surface area (TPSA) is 81.6 Å². The zero-order valence-corrected chi connectivity index (χ0v) is 22.8. The number of pyridine rings is 2. The van der Waals surface area contributed by atoms with Gasteiger partial charge in [-0.05, 0) is 79.5 Å². The van der Waals surface area contributed by atoms with Crippen LogP contribution in [0.25, 0.3) is 11.3 Å². The molecule has 0 unspecified atom stereocenters. The minimum Gasteiger partial charge on any atom is -0.460 e. The average Bonchev–Trinajstić information content (AvgIpc) is 2.74. The van der Waals surface area contributed by atoms with Crippen LogP contribution in [0.2, 0.25) is 5.15 Å². The van der Waals surface area contributed by atoms with Gasteiger partial charge in [-0.25, -0.2) is 14.2 Å². The smallest absolute Gasteiger partial charge is 0.410 e. The van der Waals surface area contributed by atoms with Gasteiger partial charge in [0.2, 0.25) is 0 Å². The van der Waals surface area contributed by atoms with Crippen LogP contribution in [0.5, 0.6) is 0 Å². The largest absolute Gasteiger partial charge is 0.460 e. The molecule has 2 aromatic rings. The van der Waals surface area contributed by atoms with Gasteiger partial charge in [0.05, 0.1) is 16.8 Å². The Hall–Kier alpha value is -2.74. The molecule has 2 atom stereocenters. The molecule has 0 aliphatic carbocycles. The number of hydrogen-bond acceptors (Lipinski definition) is 6. The maximum Gasteiger partial charge on any atom is 0.410 e. The van der Waals surface area contributed by atoms with Crippen LogP contribution in [0.15, 0.2) is 30.5 Å². The maximum absolute atomic E-state index is 15.8. The summed E-state index contributed by atoms with van der Waals surface area (Å²) in [6.45, 7) is 12.9. The summed E-state index contributed by atoms with van der Waals surface area (Å²) in [7, 11) is 0. The lowest BCUT2D eigenvalue weighted by Gasteiger charge is -2.44. The number of ether oxygens (including phenoxy) is 2. The predicted octanol–water partition coefficient (Wildman–Crippen LogP) is 6.23. The number of nitrogens with zero attached hydrogens (tertiary/aromatic N) is 3. The van der Waals surface area contributed by atoms with Crippen molar-refractivity contribution >= 4 is 23.7 Å². The maximum atomic E-state index is 15.8. The van der Waals surface area contributed by atoms with E-state index >= 15 is 4.39 Å². The molecular formula is C27H35ClFN3O4. The number of halogens is 2. The number of carbonyl (C=O) groups is 2. The van der Waals surface area contributed by atoms with Gasteiger partial charge in [-0.3, -0.25) is 9.78 Å². The minimum atomic E-state index is -1.11. The molecule has 0 radical (unpaired) electrons. The van der Waals surface area contributed by atoms with Gasteiger partial charge in [-0.2, -0.15) is 0 Å². The second kappa shape index (κ2) is 10.3. The molecule has 7 nitrogen and oxygen atoms in total. The van der Waals surface area contributed by atoms with Gasteiger partial charge in [-0.1, -0.05) is 17.7 Å². The van der Waals surface area contributed by atoms with E-state index in [2.05, 4.69) is 9.97 Å². The van der Waals surface area contributed by atoms with Crippen molar-refractivity contribution in [3.8, 4) is 11.3 Å². The zero-order valence-electron chi connectivity index (χ0n) is 22.0. The summed E-state index contributed by atoms with van der Waals surface area (Å²) in [5.41, 5.74) is -1.80. The molecule has 3 heterocycles. The fraction of sp³-hybridized carbons (Fsp3) is 0.556. The van der Waals surface area contributed by atoms with E-state index in [1.807, 2.05) is 6.92 Å². The number of aromatic nitrogens is 2. The standard InChI is InChI=1S/C27H35ClFN3O4/c1-17-15-27(23(33)35-25(2,3)4,11-13-32(17)24(34)36-26(5,6)7)16-20-22(29)18(14-21(28)31-20)19-10-8-9-12-30-19/h8-10,12,14,17H,11,13,15-16H2,1-7H3/t17-,27-/m1/s1. The molecule has 0 aromatic carbocycles. The van der Waals surface area contributed by atoms with Crippen LogP contribution in [-0.2, 0) is 20.7 Å². The Morgan fingerprint density at radius 2 is 1.83 bits per heavy atom. The summed E-state index contributed by atoms with van der Waals surface area (Å²) in [4.78, 5) is 36.5. The Kier molecular flexibility index (Phi) is 7.98. The highest BCUT2D eigenvalue weighted by Gasteiger charge is 2.49. The van der Waals surface area contributed by atoms with E-state index in [1.165, 1.54) is 6.07 Å². The van der Waals surface area contributed by atoms with Crippen molar-refractivity contribution in [2.24, 2.45) is 5.41 Å². The third-order valence-electron chi connectivity index (χ3n) is 5.95. The molecule has 1 fully saturated rings. The highest BCUT2D eigenvalue weighted by molar-refractivity contribution is 6.29. The molecular weight excluding hydrogens is 485 g/mol. The number of piperidine rings is 1. The quantitative estimate of drug-likeness (QED) is 0.352. The van der Waals surface area contributed by atoms with Gasteiger partial charge in [0.1, 0.15) is 16.4 Å². The van der Waals surface area contributed by atoms with Gasteiger partial charge in [0.15, 0.2) is 5.82 Å². The highest BCUT2D eigenvalue weighted by atomic mass is 35.5. The van der Waals surface area contributed by atoms with Crippen molar-refractivity contribution in [3.63, 3.8) is 0 Å². The summed E-state index contributed by atoms with van der Waals surface area (Å²) in [6.07, 6.45) is 1.61. The van der Waals surface area contributed by atoms with Crippen molar-refractivity contribution < 1.29 is 23.5 Å². The third-order valence-corrected chi connectivity index (χ3v) is 6.14. The molecule has 0 saturated carbocycles. The second-order valence-electron chi connectivity index (χ2n) is 11.4. The normalized spacial score (nSPS) is 20.7. The Balaban J connectivity index is 1.98. The van der Waals surface area contributed by atoms with Crippen LogP contribution in [-0.4, -0.2) is 50.7 Å². The molecule has 0 spiro atoms. The summed E-state index contributed by atoms with van der Waals surface area (Å²) in [6, 6.07) is 6.26. The second-order valence-corrected chi connectivity index (χ2v) is 11.8. The molecule has 1 amide bonds. The van der Waals surface area contributed by atoms with Gasteiger partial charge in [0, 0.05) is 30.8 Å². The lowest BCUT2D eigenvalue weighted by molar-refractivity contribution is -0.172. The van der Waals surface area contributed by atoms with Crippen molar-refractivity contribution in [1.82, 2.24) is 14.9 Å². The number of carbonyl (C=O) groups excluding carboxylic acids is 2. The first kappa shape index (κ1) is 27.8. The van der Waals surface area contributed by atoms with E-state index in [-0.39, 0.29) is 48.3 Å². The molecule has 1 aliphatic heterocycles. The molecule has 0 bridgehead atoms. The van der Waals surface area contributed by atoms with Gasteiger partial charge >= 0.3 is 12.1 Å². The van der Waals surface area contributed by atoms with Crippen molar-refractivity contribution in [2.45, 2.75) is 85.0 Å². The van der Waals surface area contributed by atoms with Crippen LogP contribution in [0, 0.1) is 11.2 Å². The van der Waals surface area contributed by atoms with Crippen LogP contribution >= 0.6 is 11.6 Å². The van der Waals surface area contributed by atoms with Crippen LogP contribution in [0.3, 0.4) is 0 Å². The molecule has 9 heteroatoms. The lowest BCUT2D eigenvalue weighted by Crippen LogP contribution is -2.54. The number of rotatable bonds is 4. The van der Waals surface area contributed by atoms with E-state index in [4.69, 9.17) is 21.1 Å². The number of amides is 1. The highest BCUT2D eigenvalue weighted by Crippen LogP contribution is 2.42. The molecule has 1 saturated heterocycles. The Bertz CT molecular complexity index is 1110. The predicted molar refractivity (Wildman–Crippen MR) is 136 cm³/mol. The van der Waals surface area contributed by atoms with Crippen molar-refractivity contribution in [3.05, 3.63) is 47.1 Å². The molecule has 3 rings (SSSR count). The summed E-state index contributed by atoms with van der Waals surface area (Å²) < 4.78 is 27.1. The molecule has 36 heavy (non-hydrogen) atoms. The molecule has 2 aromatic heterocycles. The van der Waals surface area contributed by atoms with Crippen LogP contribution < -0.4 is 0 Å². The molecule has 196 valence electrons. The van der Waals surface area contributed by atoms with E-state index in [1.54, 1.807) is 70.8 Å². The van der Waals surface area contributed by atoms with Crippen molar-refractivity contribution in [1.29, 1.82) is 0 Å². The molecule has 1 aliphatic rings. The Morgan fingerprint density at radius 3 is 2.39 bits per heavy atom. The number of hydrogen-bond donors (Lipinski definition) is 0. The summed E-state index contributed by atoms with van der Waals surface area (Å²) >= 11 is 6.28. The third kappa shape index (κ3) is 6.72. The minimum absolute atomic E-state index is 0.0271. The monoisotopic (exact) mass is 519 g/mol. The van der Waals surface area contributed by atoms with E-state index in [0.29, 0.717) is 5.69 Å². The first-order valence-electron chi connectivity index (χ1n) is 12.1. The summed E-state index contributed by atoms with van der Waals surface area (Å²) in [5, 5.41) is 0.102. The Morgan fingerprint density at radius 1 is 1.17 bits per heavy atom. The van der Waals surface area contributed by atoms with E-state index in [9.17, 15) is 9.59 Å². The van der Waals surface area contributed by atoms with E-state index in [0.717, 1.165) is 0 Å². The average molecular weight is 520 g/mol. The van der Waals surface area contributed by atoms with Crippen LogP contribution in [0.1, 0.15) is 67.0 Å². The first-order valence-corrected chi connectivity index (χ1v) is 12.5. The fourth-order valence-corrected chi connectivity index (χ4v) is 4.63. The van der Waals surface area contributed by atoms with Gasteiger partial charge in [-0.15, -0.1) is 0 Å². The van der Waals surface area contributed by atoms with Crippen LogP contribution in [0.4, 0.5) is 9.18 Å². The van der Waals surface area contributed by atoms with E-state index < -0.39 is 34.5 Å². The summed E-state index contributed by atoms with van der Waals surface area (Å²) in [5.74, 6) is -1.03. The van der Waals surface area contributed by atoms with Crippen molar-refractivity contribution in [2.75, 3.05) is 6.54 Å². The zero-order chi connectivity index (χ0) is 26.9. The molecule has 0 N–H and O–H groups in total. The first-order chi connectivity index (χ1) is 16.6.